The first kappa shape index (κ1) is 11.2. The first-order valence-corrected chi connectivity index (χ1v) is 7.19. The van der Waals surface area contributed by atoms with Crippen molar-refractivity contribution in [3.05, 3.63) is 28.8 Å². The van der Waals surface area contributed by atoms with E-state index in [1.54, 1.807) is 7.11 Å². The highest BCUT2D eigenvalue weighted by molar-refractivity contribution is 8.04. The molecule has 3 aliphatic rings. The van der Waals surface area contributed by atoms with Crippen molar-refractivity contribution in [2.45, 2.75) is 29.7 Å². The summed E-state index contributed by atoms with van der Waals surface area (Å²) in [6.45, 7) is 0. The second-order valence-electron chi connectivity index (χ2n) is 5.31. The van der Waals surface area contributed by atoms with Gasteiger partial charge in [-0.05, 0) is 31.0 Å². The van der Waals surface area contributed by atoms with Gasteiger partial charge in [-0.1, -0.05) is 11.8 Å². The second-order valence-corrected chi connectivity index (χ2v) is 6.36. The highest BCUT2D eigenvalue weighted by atomic mass is 32.2. The molecule has 1 saturated carbocycles. The molecular formula is C14H14N2O2S. The zero-order valence-corrected chi connectivity index (χ0v) is 11.4. The van der Waals surface area contributed by atoms with Crippen LogP contribution in [-0.4, -0.2) is 18.6 Å². The fraction of sp³-hybridized carbons (Fsp3) is 0.357. The van der Waals surface area contributed by atoms with Gasteiger partial charge in [-0.25, -0.2) is 0 Å². The molecule has 0 bridgehead atoms. The Morgan fingerprint density at radius 1 is 1.37 bits per heavy atom. The average molecular weight is 274 g/mol. The SMILES string of the molecule is COc1ccc2c(c1)SC1=C(CC3(CC3)NC1=O)N2. The molecule has 19 heavy (non-hydrogen) atoms. The van der Waals surface area contributed by atoms with Crippen molar-refractivity contribution < 1.29 is 9.53 Å². The topological polar surface area (TPSA) is 50.4 Å². The third kappa shape index (κ3) is 1.72. The monoisotopic (exact) mass is 274 g/mol. The molecule has 1 aliphatic carbocycles. The van der Waals surface area contributed by atoms with Crippen molar-refractivity contribution in [1.29, 1.82) is 0 Å². The van der Waals surface area contributed by atoms with Gasteiger partial charge in [0.25, 0.3) is 5.91 Å². The number of rotatable bonds is 1. The Kier molecular flexibility index (Phi) is 2.18. The maximum atomic E-state index is 12.2. The van der Waals surface area contributed by atoms with Gasteiger partial charge in [-0.15, -0.1) is 0 Å². The summed E-state index contributed by atoms with van der Waals surface area (Å²) in [7, 11) is 1.65. The molecule has 1 aromatic carbocycles. The zero-order chi connectivity index (χ0) is 13.0. The van der Waals surface area contributed by atoms with Crippen molar-refractivity contribution in [3.63, 3.8) is 0 Å². The molecule has 4 rings (SSSR count). The van der Waals surface area contributed by atoms with Crippen LogP contribution >= 0.6 is 11.8 Å². The molecule has 0 atom stereocenters. The molecule has 0 unspecified atom stereocenters. The number of thioether (sulfide) groups is 1. The number of methoxy groups -OCH3 is 1. The van der Waals surface area contributed by atoms with Crippen LogP contribution < -0.4 is 15.4 Å². The molecule has 98 valence electrons. The van der Waals surface area contributed by atoms with E-state index in [0.717, 1.165) is 46.2 Å². The Morgan fingerprint density at radius 2 is 2.21 bits per heavy atom. The van der Waals surface area contributed by atoms with E-state index in [9.17, 15) is 4.79 Å². The van der Waals surface area contributed by atoms with Crippen LogP contribution in [0.5, 0.6) is 5.75 Å². The van der Waals surface area contributed by atoms with Gasteiger partial charge in [-0.3, -0.25) is 4.79 Å². The van der Waals surface area contributed by atoms with E-state index in [1.165, 1.54) is 11.8 Å². The van der Waals surface area contributed by atoms with Gasteiger partial charge in [-0.2, -0.15) is 0 Å². The van der Waals surface area contributed by atoms with Gasteiger partial charge in [0.1, 0.15) is 5.75 Å². The van der Waals surface area contributed by atoms with E-state index in [1.807, 2.05) is 18.2 Å². The van der Waals surface area contributed by atoms with Crippen LogP contribution in [0.15, 0.2) is 33.7 Å². The predicted octanol–water partition coefficient (Wildman–Crippen LogP) is 2.48. The summed E-state index contributed by atoms with van der Waals surface area (Å²) in [5.41, 5.74) is 2.19. The van der Waals surface area contributed by atoms with Crippen LogP contribution in [0, 0.1) is 0 Å². The Labute approximate surface area is 115 Å². The minimum absolute atomic E-state index is 0.0491. The molecule has 1 fully saturated rings. The molecule has 2 heterocycles. The van der Waals surface area contributed by atoms with Crippen LogP contribution in [0.25, 0.3) is 0 Å². The Balaban J connectivity index is 1.72. The van der Waals surface area contributed by atoms with Crippen LogP contribution in [0.3, 0.4) is 0 Å². The van der Waals surface area contributed by atoms with Gasteiger partial charge in [0.15, 0.2) is 0 Å². The lowest BCUT2D eigenvalue weighted by Crippen LogP contribution is -2.43. The summed E-state index contributed by atoms with van der Waals surface area (Å²) in [6, 6.07) is 5.91. The maximum absolute atomic E-state index is 12.2. The number of hydrogen-bond donors (Lipinski definition) is 2. The summed E-state index contributed by atoms with van der Waals surface area (Å²) < 4.78 is 5.23. The second kappa shape index (κ2) is 3.70. The number of carbonyl (C=O) groups is 1. The van der Waals surface area contributed by atoms with Gasteiger partial charge in [0.05, 0.1) is 17.7 Å². The smallest absolute Gasteiger partial charge is 0.260 e. The molecule has 1 amide bonds. The first-order valence-electron chi connectivity index (χ1n) is 6.38. The van der Waals surface area contributed by atoms with Gasteiger partial charge >= 0.3 is 0 Å². The summed E-state index contributed by atoms with van der Waals surface area (Å²) in [5, 5.41) is 6.56. The maximum Gasteiger partial charge on any atom is 0.260 e. The number of amides is 1. The number of benzene rings is 1. The first-order chi connectivity index (χ1) is 9.19. The number of ether oxygens (including phenoxy) is 1. The fourth-order valence-electron chi connectivity index (χ4n) is 2.65. The summed E-state index contributed by atoms with van der Waals surface area (Å²) in [5.74, 6) is 0.872. The molecule has 4 nitrogen and oxygen atoms in total. The normalized spacial score (nSPS) is 22.3. The predicted molar refractivity (Wildman–Crippen MR) is 74.2 cm³/mol. The average Bonchev–Trinajstić information content (AvgIpc) is 3.15. The largest absolute Gasteiger partial charge is 0.497 e. The quantitative estimate of drug-likeness (QED) is 0.826. The van der Waals surface area contributed by atoms with Crippen LogP contribution in [0.1, 0.15) is 19.3 Å². The third-order valence-corrected chi connectivity index (χ3v) is 5.11. The molecule has 5 heteroatoms. The molecule has 2 aliphatic heterocycles. The van der Waals surface area contributed by atoms with E-state index < -0.39 is 0 Å². The van der Waals surface area contributed by atoms with E-state index in [2.05, 4.69) is 10.6 Å². The lowest BCUT2D eigenvalue weighted by molar-refractivity contribution is -0.118. The number of anilines is 1. The molecule has 2 N–H and O–H groups in total. The zero-order valence-electron chi connectivity index (χ0n) is 10.6. The lowest BCUT2D eigenvalue weighted by atomic mass is 10.0. The summed E-state index contributed by atoms with van der Waals surface area (Å²) in [4.78, 5) is 14.0. The van der Waals surface area contributed by atoms with E-state index in [4.69, 9.17) is 4.74 Å². The summed E-state index contributed by atoms with van der Waals surface area (Å²) in [6.07, 6.45) is 3.11. The number of hydrogen-bond acceptors (Lipinski definition) is 4. The summed E-state index contributed by atoms with van der Waals surface area (Å²) >= 11 is 1.53. The van der Waals surface area contributed by atoms with Crippen LogP contribution in [-0.2, 0) is 4.79 Å². The van der Waals surface area contributed by atoms with Crippen molar-refractivity contribution in [2.24, 2.45) is 0 Å². The van der Waals surface area contributed by atoms with E-state index >= 15 is 0 Å². The highest BCUT2D eigenvalue weighted by Crippen LogP contribution is 2.50. The standard InChI is InChI=1S/C14H14N2O2S/c1-18-8-2-3-9-11(6-8)19-12-10(15-9)7-14(4-5-14)16-13(12)17/h2-3,6,15H,4-5,7H2,1H3,(H,16,17). The molecular weight excluding hydrogens is 260 g/mol. The number of nitrogens with one attached hydrogen (secondary N) is 2. The number of fused-ring (bicyclic) bond motifs is 1. The van der Waals surface area contributed by atoms with E-state index in [0.29, 0.717) is 0 Å². The van der Waals surface area contributed by atoms with Crippen molar-refractivity contribution in [1.82, 2.24) is 5.32 Å². The van der Waals surface area contributed by atoms with E-state index in [-0.39, 0.29) is 11.4 Å². The Bertz CT molecular complexity index is 620. The Hall–Kier alpha value is -1.62. The van der Waals surface area contributed by atoms with Crippen molar-refractivity contribution in [2.75, 3.05) is 12.4 Å². The third-order valence-electron chi connectivity index (χ3n) is 3.91. The van der Waals surface area contributed by atoms with Crippen LogP contribution in [0.2, 0.25) is 0 Å². The minimum atomic E-state index is 0.0491. The highest BCUT2D eigenvalue weighted by Gasteiger charge is 2.49. The van der Waals surface area contributed by atoms with Gasteiger partial charge in [0.2, 0.25) is 0 Å². The van der Waals surface area contributed by atoms with Crippen molar-refractivity contribution in [3.8, 4) is 5.75 Å². The van der Waals surface area contributed by atoms with Gasteiger partial charge in [0, 0.05) is 22.6 Å². The lowest BCUT2D eigenvalue weighted by Gasteiger charge is -2.32. The molecule has 0 aromatic heterocycles. The molecule has 1 aromatic rings. The van der Waals surface area contributed by atoms with Gasteiger partial charge < -0.3 is 15.4 Å². The van der Waals surface area contributed by atoms with Crippen LogP contribution in [0.4, 0.5) is 5.69 Å². The van der Waals surface area contributed by atoms with Crippen molar-refractivity contribution >= 4 is 23.4 Å². The number of carbonyl (C=O) groups excluding carboxylic acids is 1. The molecule has 0 saturated heterocycles. The molecule has 0 radical (unpaired) electrons. The minimum Gasteiger partial charge on any atom is -0.497 e. The molecule has 1 spiro atoms. The Morgan fingerprint density at radius 3 is 2.95 bits per heavy atom. The fourth-order valence-corrected chi connectivity index (χ4v) is 3.66.